The van der Waals surface area contributed by atoms with Gasteiger partial charge in [-0.3, -0.25) is 0 Å². The van der Waals surface area contributed by atoms with E-state index in [1.54, 1.807) is 6.08 Å². The minimum atomic E-state index is 0.209. The molecule has 0 aliphatic heterocycles. The normalized spacial score (nSPS) is 14.4. The summed E-state index contributed by atoms with van der Waals surface area (Å²) in [7, 11) is 0. The Kier molecular flexibility index (Phi) is 5.32. The van der Waals surface area contributed by atoms with Crippen molar-refractivity contribution in [3.8, 4) is 0 Å². The largest absolute Gasteiger partial charge is 0.516 e. The van der Waals surface area contributed by atoms with E-state index in [-0.39, 0.29) is 6.61 Å². The smallest absolute Gasteiger partial charge is 0.0751 e. The van der Waals surface area contributed by atoms with Crippen molar-refractivity contribution in [2.24, 2.45) is 5.92 Å². The summed E-state index contributed by atoms with van der Waals surface area (Å²) in [6.45, 7) is 2.23. The van der Waals surface area contributed by atoms with Crippen LogP contribution in [0.2, 0.25) is 0 Å². The molecule has 0 aliphatic rings. The lowest BCUT2D eigenvalue weighted by molar-refractivity contribution is 0.223. The highest BCUT2D eigenvalue weighted by Gasteiger charge is 1.99. The monoisotopic (exact) mass is 130 g/mol. The predicted octanol–water partition coefficient (Wildman–Crippen LogP) is 1.47. The number of aliphatic hydroxyl groups is 2. The van der Waals surface area contributed by atoms with Crippen molar-refractivity contribution in [3.05, 3.63) is 12.3 Å². The molecule has 0 fully saturated rings. The Morgan fingerprint density at radius 1 is 1.56 bits per heavy atom. The van der Waals surface area contributed by atoms with E-state index in [0.29, 0.717) is 5.92 Å². The zero-order valence-electron chi connectivity index (χ0n) is 5.75. The third-order valence-electron chi connectivity index (χ3n) is 1.41. The van der Waals surface area contributed by atoms with E-state index in [9.17, 15) is 0 Å². The molecule has 0 heterocycles. The molecule has 0 radical (unpaired) electrons. The number of aliphatic hydroxyl groups excluding tert-OH is 2. The lowest BCUT2D eigenvalue weighted by Gasteiger charge is -2.05. The van der Waals surface area contributed by atoms with Gasteiger partial charge in [-0.05, 0) is 18.4 Å². The molecule has 0 saturated heterocycles. The number of rotatable bonds is 4. The standard InChI is InChI=1S/C7H14O2/c1-2-7(6-9)4-3-5-8/h3,5,7-9H,2,4,6H2,1H3. The molecule has 0 rings (SSSR count). The predicted molar refractivity (Wildman–Crippen MR) is 37.3 cm³/mol. The molecule has 0 aromatic heterocycles. The van der Waals surface area contributed by atoms with Gasteiger partial charge < -0.3 is 10.2 Å². The average Bonchev–Trinajstić information content (AvgIpc) is 1.91. The Labute approximate surface area is 55.8 Å². The Bertz CT molecular complexity index is 75.0. The molecular weight excluding hydrogens is 116 g/mol. The molecule has 0 aromatic carbocycles. The summed E-state index contributed by atoms with van der Waals surface area (Å²) in [6.07, 6.45) is 4.41. The van der Waals surface area contributed by atoms with Gasteiger partial charge in [0.15, 0.2) is 0 Å². The fourth-order valence-corrected chi connectivity index (χ4v) is 0.624. The number of allylic oxidation sites excluding steroid dienone is 1. The van der Waals surface area contributed by atoms with E-state index in [1.807, 2.05) is 6.92 Å². The van der Waals surface area contributed by atoms with Crippen molar-refractivity contribution in [2.45, 2.75) is 19.8 Å². The SMILES string of the molecule is CCC(CO)CC=CO. The molecule has 0 amide bonds. The number of hydrogen-bond donors (Lipinski definition) is 2. The minimum absolute atomic E-state index is 0.209. The molecular formula is C7H14O2. The van der Waals surface area contributed by atoms with E-state index >= 15 is 0 Å². The number of hydrogen-bond acceptors (Lipinski definition) is 2. The lowest BCUT2D eigenvalue weighted by atomic mass is 10.0. The van der Waals surface area contributed by atoms with Crippen molar-refractivity contribution in [1.82, 2.24) is 0 Å². The topological polar surface area (TPSA) is 40.5 Å². The van der Waals surface area contributed by atoms with Gasteiger partial charge in [0.25, 0.3) is 0 Å². The third kappa shape index (κ3) is 4.03. The van der Waals surface area contributed by atoms with Gasteiger partial charge in [-0.15, -0.1) is 0 Å². The van der Waals surface area contributed by atoms with Crippen LogP contribution in [0.4, 0.5) is 0 Å². The molecule has 0 spiro atoms. The van der Waals surface area contributed by atoms with Crippen LogP contribution < -0.4 is 0 Å². The molecule has 2 nitrogen and oxygen atoms in total. The van der Waals surface area contributed by atoms with E-state index in [1.165, 1.54) is 0 Å². The summed E-state index contributed by atoms with van der Waals surface area (Å²) in [5.74, 6) is 0.313. The zero-order chi connectivity index (χ0) is 7.11. The highest BCUT2D eigenvalue weighted by atomic mass is 16.3. The first kappa shape index (κ1) is 8.50. The van der Waals surface area contributed by atoms with Gasteiger partial charge in [0.05, 0.1) is 6.26 Å². The Hall–Kier alpha value is -0.500. The van der Waals surface area contributed by atoms with Gasteiger partial charge >= 0.3 is 0 Å². The second-order valence-corrected chi connectivity index (χ2v) is 2.08. The second kappa shape index (κ2) is 5.63. The highest BCUT2D eigenvalue weighted by Crippen LogP contribution is 2.06. The summed E-state index contributed by atoms with van der Waals surface area (Å²) >= 11 is 0. The molecule has 0 aromatic rings. The molecule has 0 bridgehead atoms. The maximum absolute atomic E-state index is 8.64. The summed E-state index contributed by atoms with van der Waals surface area (Å²) in [4.78, 5) is 0. The van der Waals surface area contributed by atoms with Crippen LogP contribution in [0.15, 0.2) is 12.3 Å². The lowest BCUT2D eigenvalue weighted by Crippen LogP contribution is -2.02. The molecule has 1 unspecified atom stereocenters. The van der Waals surface area contributed by atoms with Crippen LogP contribution in [0.25, 0.3) is 0 Å². The molecule has 2 heteroatoms. The van der Waals surface area contributed by atoms with Crippen molar-refractivity contribution in [1.29, 1.82) is 0 Å². The van der Waals surface area contributed by atoms with Gasteiger partial charge in [0.1, 0.15) is 0 Å². The average molecular weight is 130 g/mol. The van der Waals surface area contributed by atoms with Gasteiger partial charge in [0, 0.05) is 6.61 Å². The van der Waals surface area contributed by atoms with Gasteiger partial charge in [-0.25, -0.2) is 0 Å². The molecule has 9 heavy (non-hydrogen) atoms. The van der Waals surface area contributed by atoms with Crippen LogP contribution in [0.3, 0.4) is 0 Å². The maximum atomic E-state index is 8.64. The molecule has 0 aliphatic carbocycles. The Balaban J connectivity index is 3.31. The van der Waals surface area contributed by atoms with Crippen molar-refractivity contribution in [3.63, 3.8) is 0 Å². The van der Waals surface area contributed by atoms with Crippen LogP contribution in [0.1, 0.15) is 19.8 Å². The van der Waals surface area contributed by atoms with Crippen LogP contribution in [0, 0.1) is 5.92 Å². The molecule has 2 N–H and O–H groups in total. The van der Waals surface area contributed by atoms with E-state index in [2.05, 4.69) is 0 Å². The van der Waals surface area contributed by atoms with E-state index in [4.69, 9.17) is 10.2 Å². The summed E-state index contributed by atoms with van der Waals surface area (Å²) < 4.78 is 0. The van der Waals surface area contributed by atoms with Gasteiger partial charge in [-0.2, -0.15) is 0 Å². The first-order valence-electron chi connectivity index (χ1n) is 3.25. The van der Waals surface area contributed by atoms with Crippen LogP contribution in [0.5, 0.6) is 0 Å². The zero-order valence-corrected chi connectivity index (χ0v) is 5.75. The third-order valence-corrected chi connectivity index (χ3v) is 1.41. The fourth-order valence-electron chi connectivity index (χ4n) is 0.624. The Morgan fingerprint density at radius 2 is 2.22 bits per heavy atom. The second-order valence-electron chi connectivity index (χ2n) is 2.08. The van der Waals surface area contributed by atoms with E-state index in [0.717, 1.165) is 19.1 Å². The first-order valence-corrected chi connectivity index (χ1v) is 3.25. The quantitative estimate of drug-likeness (QED) is 0.566. The van der Waals surface area contributed by atoms with Crippen molar-refractivity contribution in [2.75, 3.05) is 6.61 Å². The highest BCUT2D eigenvalue weighted by molar-refractivity contribution is 4.75. The van der Waals surface area contributed by atoms with Crippen LogP contribution in [-0.4, -0.2) is 16.8 Å². The van der Waals surface area contributed by atoms with Crippen molar-refractivity contribution < 1.29 is 10.2 Å². The van der Waals surface area contributed by atoms with Crippen LogP contribution >= 0.6 is 0 Å². The summed E-state index contributed by atoms with van der Waals surface area (Å²) in [6, 6.07) is 0. The maximum Gasteiger partial charge on any atom is 0.0751 e. The minimum Gasteiger partial charge on any atom is -0.516 e. The van der Waals surface area contributed by atoms with Crippen LogP contribution in [-0.2, 0) is 0 Å². The van der Waals surface area contributed by atoms with Gasteiger partial charge in [-0.1, -0.05) is 13.3 Å². The summed E-state index contributed by atoms with van der Waals surface area (Å²) in [5.41, 5.74) is 0. The van der Waals surface area contributed by atoms with Gasteiger partial charge in [0.2, 0.25) is 0 Å². The molecule has 0 saturated carbocycles. The van der Waals surface area contributed by atoms with E-state index < -0.39 is 0 Å². The Morgan fingerprint density at radius 3 is 2.56 bits per heavy atom. The first-order chi connectivity index (χ1) is 4.35. The molecule has 54 valence electrons. The fraction of sp³-hybridized carbons (Fsp3) is 0.714. The summed E-state index contributed by atoms with van der Waals surface area (Å²) in [5, 5.41) is 16.9. The van der Waals surface area contributed by atoms with Crippen molar-refractivity contribution >= 4 is 0 Å². The molecule has 1 atom stereocenters.